The zero-order valence-corrected chi connectivity index (χ0v) is 26.6. The lowest BCUT2D eigenvalue weighted by atomic mass is 10.1. The molecule has 0 saturated heterocycles. The van der Waals surface area contributed by atoms with E-state index in [1.54, 1.807) is 49.6 Å². The number of hydrogen-bond donors (Lipinski definition) is 1. The Hall–Kier alpha value is -1.77. The number of imide groups is 1. The molecule has 0 spiro atoms. The fourth-order valence-corrected chi connectivity index (χ4v) is 8.03. The molecule has 13 heteroatoms. The number of carbonyl (C=O) groups excluding carboxylic acids is 3. The minimum absolute atomic E-state index is 0.158. The number of fused-ring (bicyclic) bond motifs is 2. The van der Waals surface area contributed by atoms with Gasteiger partial charge in [0.05, 0.1) is 39.9 Å². The number of methoxy groups -OCH3 is 1. The molecular weight excluding hydrogens is 778 g/mol. The van der Waals surface area contributed by atoms with Crippen LogP contribution >= 0.6 is 86.8 Å². The predicted octanol–water partition coefficient (Wildman–Crippen LogP) is 7.89. The summed E-state index contributed by atoms with van der Waals surface area (Å²) in [5.41, 5.74) is 2.42. The van der Waals surface area contributed by atoms with Crippen molar-refractivity contribution in [3.63, 3.8) is 0 Å². The summed E-state index contributed by atoms with van der Waals surface area (Å²) in [4.78, 5) is 44.7. The van der Waals surface area contributed by atoms with Crippen molar-refractivity contribution in [2.45, 2.75) is 4.34 Å². The fourth-order valence-electron chi connectivity index (χ4n) is 3.68. The van der Waals surface area contributed by atoms with E-state index in [1.807, 2.05) is 0 Å². The van der Waals surface area contributed by atoms with Crippen LogP contribution in [0.25, 0.3) is 10.2 Å². The van der Waals surface area contributed by atoms with Crippen molar-refractivity contribution >= 4 is 126 Å². The number of ether oxygens (including phenoxy) is 1. The maximum atomic E-state index is 13.3. The Morgan fingerprint density at radius 1 is 0.973 bits per heavy atom. The first kappa shape index (κ1) is 26.8. The second-order valence-electron chi connectivity index (χ2n) is 7.65. The van der Waals surface area contributed by atoms with E-state index in [1.165, 1.54) is 23.1 Å². The highest BCUT2D eigenvalue weighted by atomic mass is 79.9. The molecule has 0 unspecified atom stereocenters. The number of anilines is 2. The number of aromatic nitrogens is 1. The summed E-state index contributed by atoms with van der Waals surface area (Å²) in [6.07, 6.45) is 0. The molecular formula is C24H13Br4N3O4S2. The van der Waals surface area contributed by atoms with Crippen LogP contribution in [0.3, 0.4) is 0 Å². The zero-order valence-electron chi connectivity index (χ0n) is 18.6. The largest absolute Gasteiger partial charge is 0.497 e. The average molecular weight is 791 g/mol. The third-order valence-corrected chi connectivity index (χ3v) is 12.3. The number of benzene rings is 3. The molecule has 0 radical (unpaired) electrons. The number of amides is 3. The standard InChI is InChI=1S/C24H13Br4N3O4S2/c1-35-12-5-2-10(3-6-12)29-15(32)9-36-24-30-13-7-4-11(8-14(13)37-24)31-22(33)16-17(23(31)34)19(26)21(28)20(27)18(16)25/h2-8H,9H2,1H3,(H,29,32). The molecule has 0 aliphatic carbocycles. The minimum atomic E-state index is -0.422. The minimum Gasteiger partial charge on any atom is -0.497 e. The van der Waals surface area contributed by atoms with Crippen LogP contribution in [0.1, 0.15) is 20.7 Å². The Morgan fingerprint density at radius 2 is 1.59 bits per heavy atom. The molecule has 0 fully saturated rings. The van der Waals surface area contributed by atoms with E-state index < -0.39 is 11.8 Å². The third-order valence-electron chi connectivity index (χ3n) is 5.41. The van der Waals surface area contributed by atoms with Gasteiger partial charge in [0.1, 0.15) is 5.75 Å². The van der Waals surface area contributed by atoms with Gasteiger partial charge < -0.3 is 10.1 Å². The Balaban J connectivity index is 1.34. The monoisotopic (exact) mass is 787 g/mol. The van der Waals surface area contributed by atoms with Crippen LogP contribution in [0, 0.1) is 0 Å². The fraction of sp³-hybridized carbons (Fsp3) is 0.0833. The van der Waals surface area contributed by atoms with Gasteiger partial charge in [-0.1, -0.05) is 11.8 Å². The lowest BCUT2D eigenvalue weighted by Gasteiger charge is -2.13. The van der Waals surface area contributed by atoms with Crippen molar-refractivity contribution in [2.24, 2.45) is 0 Å². The third kappa shape index (κ3) is 5.01. The highest BCUT2D eigenvalue weighted by Crippen LogP contribution is 2.46. The van der Waals surface area contributed by atoms with E-state index in [0.717, 1.165) is 15.1 Å². The van der Waals surface area contributed by atoms with Crippen molar-refractivity contribution in [2.75, 3.05) is 23.1 Å². The molecule has 3 amide bonds. The topological polar surface area (TPSA) is 88.6 Å². The van der Waals surface area contributed by atoms with E-state index in [-0.39, 0.29) is 22.8 Å². The Labute approximate surface area is 252 Å². The average Bonchev–Trinajstić information content (AvgIpc) is 3.42. The molecule has 0 saturated carbocycles. The van der Waals surface area contributed by atoms with Gasteiger partial charge in [-0.2, -0.15) is 0 Å². The van der Waals surface area contributed by atoms with Gasteiger partial charge in [-0.05, 0) is 106 Å². The van der Waals surface area contributed by atoms with Crippen LogP contribution in [0.15, 0.2) is 64.7 Å². The molecule has 4 aromatic rings. The highest BCUT2D eigenvalue weighted by Gasteiger charge is 2.42. The second kappa shape index (κ2) is 10.8. The molecule has 1 aliphatic heterocycles. The van der Waals surface area contributed by atoms with Crippen molar-refractivity contribution in [3.05, 3.63) is 71.5 Å². The smallest absolute Gasteiger partial charge is 0.267 e. The Morgan fingerprint density at radius 3 is 2.19 bits per heavy atom. The SMILES string of the molecule is COc1ccc(NC(=O)CSc2nc3ccc(N4C(=O)c5c(Br)c(Br)c(Br)c(Br)c5C4=O)cc3s2)cc1. The van der Waals surface area contributed by atoms with Crippen molar-refractivity contribution in [1.29, 1.82) is 0 Å². The van der Waals surface area contributed by atoms with Gasteiger partial charge in [0, 0.05) is 23.6 Å². The molecule has 0 bridgehead atoms. The summed E-state index contributed by atoms with van der Waals surface area (Å²) in [6.45, 7) is 0. The summed E-state index contributed by atoms with van der Waals surface area (Å²) >= 11 is 16.5. The number of thiazole rings is 1. The maximum absolute atomic E-state index is 13.3. The number of rotatable bonds is 6. The molecule has 7 nitrogen and oxygen atoms in total. The lowest BCUT2D eigenvalue weighted by molar-refractivity contribution is -0.113. The molecule has 2 heterocycles. The van der Waals surface area contributed by atoms with Crippen LogP contribution in [0.2, 0.25) is 0 Å². The summed E-state index contributed by atoms with van der Waals surface area (Å²) in [5, 5.41) is 2.84. The van der Waals surface area contributed by atoms with Gasteiger partial charge in [-0.15, -0.1) is 11.3 Å². The van der Waals surface area contributed by atoms with Crippen LogP contribution in [-0.4, -0.2) is 35.6 Å². The van der Waals surface area contributed by atoms with Crippen LogP contribution in [-0.2, 0) is 4.79 Å². The van der Waals surface area contributed by atoms with Crippen LogP contribution < -0.4 is 15.0 Å². The quantitative estimate of drug-likeness (QED) is 0.0926. The summed E-state index contributed by atoms with van der Waals surface area (Å²) in [7, 11) is 1.58. The van der Waals surface area contributed by atoms with Crippen molar-refractivity contribution in [3.8, 4) is 5.75 Å². The lowest BCUT2D eigenvalue weighted by Crippen LogP contribution is -2.29. The van der Waals surface area contributed by atoms with Crippen LogP contribution in [0.5, 0.6) is 5.75 Å². The first-order chi connectivity index (χ1) is 17.7. The summed E-state index contributed by atoms with van der Waals surface area (Å²) in [6, 6.07) is 12.3. The Bertz CT molecular complexity index is 1560. The molecule has 1 aromatic heterocycles. The second-order valence-corrected chi connectivity index (χ2v) is 13.1. The van der Waals surface area contributed by atoms with E-state index >= 15 is 0 Å². The predicted molar refractivity (Wildman–Crippen MR) is 160 cm³/mol. The van der Waals surface area contributed by atoms with E-state index in [4.69, 9.17) is 4.74 Å². The number of nitrogens with zero attached hydrogens (tertiary/aromatic N) is 2. The van der Waals surface area contributed by atoms with E-state index in [0.29, 0.717) is 39.4 Å². The van der Waals surface area contributed by atoms with Gasteiger partial charge in [-0.25, -0.2) is 9.88 Å². The molecule has 1 N–H and O–H groups in total. The van der Waals surface area contributed by atoms with Gasteiger partial charge >= 0.3 is 0 Å². The summed E-state index contributed by atoms with van der Waals surface area (Å²) in [5.74, 6) is -0.106. The molecule has 1 aliphatic rings. The number of thioether (sulfide) groups is 1. The molecule has 3 aromatic carbocycles. The van der Waals surface area contributed by atoms with Gasteiger partial charge in [0.25, 0.3) is 11.8 Å². The molecule has 0 atom stereocenters. The molecule has 5 rings (SSSR count). The van der Waals surface area contributed by atoms with Gasteiger partial charge in [-0.3, -0.25) is 14.4 Å². The highest BCUT2D eigenvalue weighted by molar-refractivity contribution is 9.15. The van der Waals surface area contributed by atoms with Gasteiger partial charge in [0.2, 0.25) is 5.91 Å². The zero-order chi connectivity index (χ0) is 26.4. The van der Waals surface area contributed by atoms with Crippen molar-refractivity contribution < 1.29 is 19.1 Å². The summed E-state index contributed by atoms with van der Waals surface area (Å²) < 4.78 is 8.91. The number of halogens is 4. The van der Waals surface area contributed by atoms with Crippen molar-refractivity contribution in [1.82, 2.24) is 4.98 Å². The normalized spacial score (nSPS) is 12.8. The van der Waals surface area contributed by atoms with Crippen LogP contribution in [0.4, 0.5) is 11.4 Å². The van der Waals surface area contributed by atoms with E-state index in [9.17, 15) is 14.4 Å². The maximum Gasteiger partial charge on any atom is 0.267 e. The Kier molecular flexibility index (Phi) is 7.81. The number of hydrogen-bond acceptors (Lipinski definition) is 7. The first-order valence-corrected chi connectivity index (χ1v) is 15.4. The number of nitrogens with one attached hydrogen (secondary N) is 1. The first-order valence-electron chi connectivity index (χ1n) is 10.4. The molecule has 188 valence electrons. The number of carbonyl (C=O) groups is 3. The molecule has 37 heavy (non-hydrogen) atoms. The van der Waals surface area contributed by atoms with E-state index in [2.05, 4.69) is 74.0 Å². The van der Waals surface area contributed by atoms with Gasteiger partial charge in [0.15, 0.2) is 4.34 Å².